The van der Waals surface area contributed by atoms with Gasteiger partial charge < -0.3 is 16.6 Å². The lowest BCUT2D eigenvalue weighted by Crippen LogP contribution is -2.20. The van der Waals surface area contributed by atoms with E-state index in [9.17, 15) is 13.2 Å². The van der Waals surface area contributed by atoms with Gasteiger partial charge in [-0.15, -0.1) is 0 Å². The normalized spacial score (nSPS) is 10.8. The smallest absolute Gasteiger partial charge is 0.146 e. The molecule has 0 aliphatic carbocycles. The molecule has 1 unspecified atom stereocenters. The molecule has 2 rings (SSSR count). The van der Waals surface area contributed by atoms with Gasteiger partial charge in [-0.1, -0.05) is 26.0 Å². The van der Waals surface area contributed by atoms with Crippen molar-refractivity contribution in [1.82, 2.24) is 0 Å². The first kappa shape index (κ1) is 21.9. The average molecular weight is 342 g/mol. The number of aliphatic hydroxyl groups excluding tert-OH is 1. The molecule has 5 N–H and O–H groups in total. The van der Waals surface area contributed by atoms with E-state index in [1.165, 1.54) is 24.3 Å². The number of hydrogen-bond acceptors (Lipinski definition) is 3. The summed E-state index contributed by atoms with van der Waals surface area (Å²) in [6.07, 6.45) is 0.230. The largest absolute Gasteiger partial charge is 0.396 e. The van der Waals surface area contributed by atoms with Crippen molar-refractivity contribution in [3.63, 3.8) is 0 Å². The van der Waals surface area contributed by atoms with Crippen molar-refractivity contribution in [3.8, 4) is 0 Å². The maximum atomic E-state index is 12.7. The summed E-state index contributed by atoms with van der Waals surface area (Å²) < 4.78 is 37.6. The Morgan fingerprint density at radius 3 is 1.96 bits per heavy atom. The van der Waals surface area contributed by atoms with Crippen LogP contribution < -0.4 is 11.5 Å². The highest BCUT2D eigenvalue weighted by Crippen LogP contribution is 2.10. The van der Waals surface area contributed by atoms with Gasteiger partial charge in [0.25, 0.3) is 0 Å². The van der Waals surface area contributed by atoms with Gasteiger partial charge in [0.1, 0.15) is 17.5 Å². The van der Waals surface area contributed by atoms with Crippen molar-refractivity contribution >= 4 is 5.69 Å². The zero-order chi connectivity index (χ0) is 18.5. The van der Waals surface area contributed by atoms with Crippen LogP contribution in [0, 0.1) is 17.5 Å². The van der Waals surface area contributed by atoms with Gasteiger partial charge in [0, 0.05) is 12.6 Å². The molecular formula is C18H25F3N2O. The van der Waals surface area contributed by atoms with Crippen molar-refractivity contribution < 1.29 is 18.3 Å². The predicted molar refractivity (Wildman–Crippen MR) is 91.9 cm³/mol. The van der Waals surface area contributed by atoms with Crippen LogP contribution in [0.4, 0.5) is 18.9 Å². The fourth-order valence-corrected chi connectivity index (χ4v) is 1.68. The summed E-state index contributed by atoms with van der Waals surface area (Å²) in [6.45, 7) is 4.16. The van der Waals surface area contributed by atoms with Gasteiger partial charge in [0.05, 0.1) is 11.8 Å². The van der Waals surface area contributed by atoms with Crippen LogP contribution in [0.25, 0.3) is 0 Å². The number of benzene rings is 2. The van der Waals surface area contributed by atoms with Crippen molar-refractivity contribution in [2.75, 3.05) is 12.3 Å². The van der Waals surface area contributed by atoms with Gasteiger partial charge in [-0.2, -0.15) is 0 Å². The molecule has 2 aromatic rings. The zero-order valence-electron chi connectivity index (χ0n) is 14.0. The van der Waals surface area contributed by atoms with E-state index in [1.54, 1.807) is 12.1 Å². The second kappa shape index (κ2) is 12.4. The number of para-hydroxylation sites is 1. The van der Waals surface area contributed by atoms with Crippen LogP contribution in [0.2, 0.25) is 0 Å². The first-order valence-electron chi connectivity index (χ1n) is 7.75. The van der Waals surface area contributed by atoms with E-state index in [1.807, 2.05) is 13.8 Å². The Labute approximate surface area is 141 Å². The minimum Gasteiger partial charge on any atom is -0.396 e. The molecule has 0 aliphatic rings. The second-order valence-corrected chi connectivity index (χ2v) is 4.73. The SMILES string of the molecule is CC.NCC(O)CCc1cc(F)cc(F)c1.Nc1ccccc1F. The average Bonchev–Trinajstić information content (AvgIpc) is 2.57. The lowest BCUT2D eigenvalue weighted by atomic mass is 10.1. The van der Waals surface area contributed by atoms with Crippen LogP contribution in [-0.2, 0) is 6.42 Å². The van der Waals surface area contributed by atoms with Crippen LogP contribution in [0.3, 0.4) is 0 Å². The van der Waals surface area contributed by atoms with Crippen LogP contribution in [0.15, 0.2) is 42.5 Å². The minimum absolute atomic E-state index is 0.164. The summed E-state index contributed by atoms with van der Waals surface area (Å²) in [5, 5.41) is 9.15. The number of aryl methyl sites for hydroxylation is 1. The molecule has 0 fully saturated rings. The van der Waals surface area contributed by atoms with Crippen molar-refractivity contribution in [2.45, 2.75) is 32.8 Å². The summed E-state index contributed by atoms with van der Waals surface area (Å²) >= 11 is 0. The van der Waals surface area contributed by atoms with E-state index < -0.39 is 17.7 Å². The highest BCUT2D eigenvalue weighted by molar-refractivity contribution is 5.38. The molecule has 0 saturated carbocycles. The number of rotatable bonds is 4. The Bertz CT molecular complexity index is 553. The summed E-state index contributed by atoms with van der Waals surface area (Å²) in [4.78, 5) is 0. The number of anilines is 1. The third-order valence-corrected chi connectivity index (χ3v) is 2.87. The van der Waals surface area contributed by atoms with E-state index in [-0.39, 0.29) is 18.0 Å². The number of nitrogen functional groups attached to an aromatic ring is 1. The molecule has 6 heteroatoms. The van der Waals surface area contributed by atoms with E-state index in [0.717, 1.165) is 6.07 Å². The van der Waals surface area contributed by atoms with Crippen molar-refractivity contribution in [1.29, 1.82) is 0 Å². The van der Waals surface area contributed by atoms with Crippen LogP contribution in [-0.4, -0.2) is 17.8 Å². The molecule has 24 heavy (non-hydrogen) atoms. The number of halogens is 3. The monoisotopic (exact) mass is 342 g/mol. The molecule has 3 nitrogen and oxygen atoms in total. The second-order valence-electron chi connectivity index (χ2n) is 4.73. The van der Waals surface area contributed by atoms with Crippen molar-refractivity contribution in [2.24, 2.45) is 5.73 Å². The fraction of sp³-hybridized carbons (Fsp3) is 0.333. The van der Waals surface area contributed by atoms with E-state index in [2.05, 4.69) is 0 Å². The fourth-order valence-electron chi connectivity index (χ4n) is 1.68. The van der Waals surface area contributed by atoms with E-state index in [4.69, 9.17) is 16.6 Å². The molecule has 134 valence electrons. The van der Waals surface area contributed by atoms with E-state index in [0.29, 0.717) is 18.4 Å². The Kier molecular flexibility index (Phi) is 11.3. The molecule has 0 heterocycles. The van der Waals surface area contributed by atoms with Gasteiger partial charge in [-0.25, -0.2) is 13.2 Å². The maximum absolute atomic E-state index is 12.7. The molecule has 0 aromatic heterocycles. The van der Waals surface area contributed by atoms with Gasteiger partial charge in [-0.05, 0) is 42.7 Å². The number of nitrogens with two attached hydrogens (primary N) is 2. The van der Waals surface area contributed by atoms with E-state index >= 15 is 0 Å². The summed E-state index contributed by atoms with van der Waals surface area (Å²) in [6, 6.07) is 9.48. The third kappa shape index (κ3) is 9.17. The molecule has 0 amide bonds. The topological polar surface area (TPSA) is 72.3 Å². The standard InChI is InChI=1S/C10H13F2NO.C6H6FN.C2H6/c11-8-3-7(4-9(12)5-8)1-2-10(14)6-13;7-5-3-1-2-4-6(5)8;1-2/h3-5,10,14H,1-2,6,13H2;1-4H,8H2;1-2H3. The zero-order valence-corrected chi connectivity index (χ0v) is 14.0. The first-order chi connectivity index (χ1) is 11.4. The molecule has 1 atom stereocenters. The molecular weight excluding hydrogens is 317 g/mol. The lowest BCUT2D eigenvalue weighted by Gasteiger charge is -2.07. The summed E-state index contributed by atoms with van der Waals surface area (Å²) in [5.41, 5.74) is 11.1. The minimum atomic E-state index is -0.610. The Morgan fingerprint density at radius 1 is 1.00 bits per heavy atom. The summed E-state index contributed by atoms with van der Waals surface area (Å²) in [5.74, 6) is -1.54. The van der Waals surface area contributed by atoms with Gasteiger partial charge in [0.2, 0.25) is 0 Å². The molecule has 0 bridgehead atoms. The molecule has 0 aliphatic heterocycles. The Morgan fingerprint density at radius 2 is 1.54 bits per heavy atom. The maximum Gasteiger partial charge on any atom is 0.146 e. The van der Waals surface area contributed by atoms with Gasteiger partial charge in [0.15, 0.2) is 0 Å². The Balaban J connectivity index is 0.000000447. The number of aliphatic hydroxyl groups is 1. The van der Waals surface area contributed by atoms with Crippen LogP contribution >= 0.6 is 0 Å². The van der Waals surface area contributed by atoms with Crippen LogP contribution in [0.5, 0.6) is 0 Å². The van der Waals surface area contributed by atoms with Gasteiger partial charge in [-0.3, -0.25) is 0 Å². The molecule has 0 saturated heterocycles. The quantitative estimate of drug-likeness (QED) is 0.743. The van der Waals surface area contributed by atoms with Crippen molar-refractivity contribution in [3.05, 3.63) is 65.5 Å². The highest BCUT2D eigenvalue weighted by atomic mass is 19.1. The highest BCUT2D eigenvalue weighted by Gasteiger charge is 2.04. The third-order valence-electron chi connectivity index (χ3n) is 2.87. The van der Waals surface area contributed by atoms with Crippen LogP contribution in [0.1, 0.15) is 25.8 Å². The predicted octanol–water partition coefficient (Wildman–Crippen LogP) is 3.65. The lowest BCUT2D eigenvalue weighted by molar-refractivity contribution is 0.173. The molecule has 0 radical (unpaired) electrons. The molecule has 0 spiro atoms. The van der Waals surface area contributed by atoms with Gasteiger partial charge >= 0.3 is 0 Å². The molecule has 2 aromatic carbocycles. The number of hydrogen-bond donors (Lipinski definition) is 3. The first-order valence-corrected chi connectivity index (χ1v) is 7.75. The Hall–Kier alpha value is -2.05. The summed E-state index contributed by atoms with van der Waals surface area (Å²) in [7, 11) is 0.